The van der Waals surface area contributed by atoms with Crippen LogP contribution in [0.3, 0.4) is 0 Å². The van der Waals surface area contributed by atoms with Crippen LogP contribution in [0.1, 0.15) is 16.8 Å². The van der Waals surface area contributed by atoms with Crippen LogP contribution in [0.2, 0.25) is 0 Å². The van der Waals surface area contributed by atoms with Crippen molar-refractivity contribution in [1.29, 1.82) is 0 Å². The highest BCUT2D eigenvalue weighted by atomic mass is 16.5. The lowest BCUT2D eigenvalue weighted by molar-refractivity contribution is 0.278. The maximum absolute atomic E-state index is 9.10. The predicted molar refractivity (Wildman–Crippen MR) is 74.2 cm³/mol. The zero-order valence-electron chi connectivity index (χ0n) is 11.5. The molecule has 0 atom stereocenters. The molecule has 0 fully saturated rings. The lowest BCUT2D eigenvalue weighted by Crippen LogP contribution is -2.03. The van der Waals surface area contributed by atoms with Gasteiger partial charge in [-0.15, -0.1) is 0 Å². The van der Waals surface area contributed by atoms with Crippen molar-refractivity contribution in [2.45, 2.75) is 20.1 Å². The molecule has 0 bridgehead atoms. The summed E-state index contributed by atoms with van der Waals surface area (Å²) in [7, 11) is 3.76. The molecule has 5 heteroatoms. The molecule has 0 saturated heterocycles. The molecular formula is C14H19N3O2. The van der Waals surface area contributed by atoms with Gasteiger partial charge in [0, 0.05) is 14.1 Å². The normalized spacial score (nSPS) is 10.5. The molecule has 102 valence electrons. The third-order valence-corrected chi connectivity index (χ3v) is 3.05. The molecule has 19 heavy (non-hydrogen) atoms. The van der Waals surface area contributed by atoms with E-state index in [1.54, 1.807) is 4.68 Å². The summed E-state index contributed by atoms with van der Waals surface area (Å²) >= 11 is 0. The Morgan fingerprint density at radius 3 is 2.89 bits per heavy atom. The summed E-state index contributed by atoms with van der Waals surface area (Å²) < 4.78 is 7.57. The smallest absolute Gasteiger partial charge is 0.130 e. The van der Waals surface area contributed by atoms with Gasteiger partial charge in [-0.1, -0.05) is 12.1 Å². The molecule has 2 N–H and O–H groups in total. The Kier molecular flexibility index (Phi) is 4.06. The van der Waals surface area contributed by atoms with E-state index in [2.05, 4.69) is 10.4 Å². The molecule has 1 heterocycles. The highest BCUT2D eigenvalue weighted by Crippen LogP contribution is 2.21. The number of aliphatic hydroxyl groups is 1. The monoisotopic (exact) mass is 261 g/mol. The first-order valence-electron chi connectivity index (χ1n) is 6.18. The average Bonchev–Trinajstić information content (AvgIpc) is 2.70. The molecular weight excluding hydrogens is 242 g/mol. The second kappa shape index (κ2) is 5.75. The van der Waals surface area contributed by atoms with Gasteiger partial charge in [-0.25, -0.2) is 0 Å². The Balaban J connectivity index is 2.14. The maximum atomic E-state index is 9.10. The van der Waals surface area contributed by atoms with Gasteiger partial charge in [-0.05, 0) is 24.6 Å². The number of aryl methyl sites for hydroxylation is 2. The molecule has 0 spiro atoms. The van der Waals surface area contributed by atoms with Crippen LogP contribution in [0.5, 0.6) is 5.75 Å². The Morgan fingerprint density at radius 2 is 2.21 bits per heavy atom. The van der Waals surface area contributed by atoms with Crippen LogP contribution in [0.15, 0.2) is 24.3 Å². The van der Waals surface area contributed by atoms with Crippen molar-refractivity contribution in [3.63, 3.8) is 0 Å². The first kappa shape index (κ1) is 13.4. The van der Waals surface area contributed by atoms with Gasteiger partial charge in [0.05, 0.1) is 17.9 Å². The fraction of sp³-hybridized carbons (Fsp3) is 0.357. The second-order valence-corrected chi connectivity index (χ2v) is 4.38. The zero-order chi connectivity index (χ0) is 13.8. The van der Waals surface area contributed by atoms with Gasteiger partial charge in [-0.2, -0.15) is 5.10 Å². The number of ether oxygens (including phenoxy) is 1. The fourth-order valence-electron chi connectivity index (χ4n) is 2.08. The molecule has 0 radical (unpaired) electrons. The first-order valence-corrected chi connectivity index (χ1v) is 6.18. The largest absolute Gasteiger partial charge is 0.489 e. The SMILES string of the molecule is CNc1c(COc2cccc(CO)c2)c(C)nn1C. The number of aromatic nitrogens is 2. The molecule has 1 aromatic carbocycles. The lowest BCUT2D eigenvalue weighted by atomic mass is 10.2. The zero-order valence-corrected chi connectivity index (χ0v) is 11.5. The number of hydrogen-bond donors (Lipinski definition) is 2. The Labute approximate surface area is 112 Å². The minimum absolute atomic E-state index is 0.0187. The number of benzene rings is 1. The van der Waals surface area contributed by atoms with Crippen molar-refractivity contribution in [3.8, 4) is 5.75 Å². The molecule has 0 saturated carbocycles. The van der Waals surface area contributed by atoms with Crippen LogP contribution in [0.4, 0.5) is 5.82 Å². The summed E-state index contributed by atoms with van der Waals surface area (Å²) in [5.41, 5.74) is 2.83. The highest BCUT2D eigenvalue weighted by Gasteiger charge is 2.12. The molecule has 0 aliphatic heterocycles. The third kappa shape index (κ3) is 2.88. The molecule has 2 rings (SSSR count). The molecule has 0 aliphatic rings. The van der Waals surface area contributed by atoms with E-state index in [1.807, 2.05) is 45.3 Å². The van der Waals surface area contributed by atoms with E-state index in [9.17, 15) is 0 Å². The summed E-state index contributed by atoms with van der Waals surface area (Å²) in [5, 5.41) is 16.6. The average molecular weight is 261 g/mol. The van der Waals surface area contributed by atoms with Crippen LogP contribution in [-0.2, 0) is 20.3 Å². The van der Waals surface area contributed by atoms with E-state index in [1.165, 1.54) is 0 Å². The fourth-order valence-corrected chi connectivity index (χ4v) is 2.08. The standard InChI is InChI=1S/C14H19N3O2/c1-10-13(14(15-2)17(3)16-10)9-19-12-6-4-5-11(7-12)8-18/h4-7,15,18H,8-9H2,1-3H3. The van der Waals surface area contributed by atoms with Crippen LogP contribution >= 0.6 is 0 Å². The number of hydrogen-bond acceptors (Lipinski definition) is 4. The quantitative estimate of drug-likeness (QED) is 0.862. The topological polar surface area (TPSA) is 59.3 Å². The van der Waals surface area contributed by atoms with Gasteiger partial charge in [-0.3, -0.25) is 4.68 Å². The minimum Gasteiger partial charge on any atom is -0.489 e. The van der Waals surface area contributed by atoms with Crippen molar-refractivity contribution >= 4 is 5.82 Å². The molecule has 5 nitrogen and oxygen atoms in total. The first-order chi connectivity index (χ1) is 9.15. The number of nitrogens with one attached hydrogen (secondary N) is 1. The Morgan fingerprint density at radius 1 is 1.42 bits per heavy atom. The summed E-state index contributed by atoms with van der Waals surface area (Å²) in [4.78, 5) is 0. The predicted octanol–water partition coefficient (Wildman–Crippen LogP) is 1.84. The molecule has 0 amide bonds. The highest BCUT2D eigenvalue weighted by molar-refractivity contribution is 5.46. The van der Waals surface area contributed by atoms with Gasteiger partial charge < -0.3 is 15.2 Å². The van der Waals surface area contributed by atoms with Gasteiger partial charge >= 0.3 is 0 Å². The number of nitrogens with zero attached hydrogens (tertiary/aromatic N) is 2. The number of rotatable bonds is 5. The summed E-state index contributed by atoms with van der Waals surface area (Å²) in [6.45, 7) is 2.43. The summed E-state index contributed by atoms with van der Waals surface area (Å²) in [5.74, 6) is 1.70. The van der Waals surface area contributed by atoms with E-state index >= 15 is 0 Å². The molecule has 0 aliphatic carbocycles. The number of aliphatic hydroxyl groups excluding tert-OH is 1. The van der Waals surface area contributed by atoms with E-state index < -0.39 is 0 Å². The van der Waals surface area contributed by atoms with Crippen molar-refractivity contribution in [3.05, 3.63) is 41.1 Å². The van der Waals surface area contributed by atoms with Crippen molar-refractivity contribution < 1.29 is 9.84 Å². The maximum Gasteiger partial charge on any atom is 0.130 e. The van der Waals surface area contributed by atoms with E-state index in [0.29, 0.717) is 6.61 Å². The lowest BCUT2D eigenvalue weighted by Gasteiger charge is -2.09. The molecule has 2 aromatic rings. The van der Waals surface area contributed by atoms with Gasteiger partial charge in [0.1, 0.15) is 18.2 Å². The van der Waals surface area contributed by atoms with Gasteiger partial charge in [0.25, 0.3) is 0 Å². The molecule has 1 aromatic heterocycles. The summed E-state index contributed by atoms with van der Waals surface area (Å²) in [6.07, 6.45) is 0. The van der Waals surface area contributed by atoms with Gasteiger partial charge in [0.2, 0.25) is 0 Å². The van der Waals surface area contributed by atoms with Crippen LogP contribution in [0.25, 0.3) is 0 Å². The van der Waals surface area contributed by atoms with Crippen molar-refractivity contribution in [2.75, 3.05) is 12.4 Å². The van der Waals surface area contributed by atoms with Crippen LogP contribution < -0.4 is 10.1 Å². The Bertz CT molecular complexity index is 564. The second-order valence-electron chi connectivity index (χ2n) is 4.38. The molecule has 0 unspecified atom stereocenters. The van der Waals surface area contributed by atoms with Crippen molar-refractivity contribution in [2.24, 2.45) is 7.05 Å². The van der Waals surface area contributed by atoms with Gasteiger partial charge in [0.15, 0.2) is 0 Å². The Hall–Kier alpha value is -2.01. The minimum atomic E-state index is 0.0187. The van der Waals surface area contributed by atoms with Crippen molar-refractivity contribution in [1.82, 2.24) is 9.78 Å². The number of anilines is 1. The van der Waals surface area contributed by atoms with E-state index in [-0.39, 0.29) is 6.61 Å². The van der Waals surface area contributed by atoms with E-state index in [0.717, 1.165) is 28.4 Å². The third-order valence-electron chi connectivity index (χ3n) is 3.05. The summed E-state index contributed by atoms with van der Waals surface area (Å²) in [6, 6.07) is 7.45. The van der Waals surface area contributed by atoms with E-state index in [4.69, 9.17) is 9.84 Å². The van der Waals surface area contributed by atoms with Crippen LogP contribution in [-0.4, -0.2) is 21.9 Å². The van der Waals surface area contributed by atoms with Crippen LogP contribution in [0, 0.1) is 6.92 Å².